The van der Waals surface area contributed by atoms with E-state index in [1.54, 1.807) is 11.9 Å². The van der Waals surface area contributed by atoms with Crippen molar-refractivity contribution in [3.8, 4) is 0 Å². The third kappa shape index (κ3) is 3.57. The minimum Gasteiger partial charge on any atom is -0.383 e. The Labute approximate surface area is 140 Å². The standard InChI is InChI=1S/C15H25N5O2S/c1-3-4-9-19-12(16)11(13(21)18-14(19)22)20(15(23)17-2)10-7-5-6-8-10/h10H,3-9,16H2,1-2H3,(H,17,23)(H,18,21,22). The first-order valence-corrected chi connectivity index (χ1v) is 8.55. The van der Waals surface area contributed by atoms with Crippen LogP contribution in [-0.4, -0.2) is 27.8 Å². The lowest BCUT2D eigenvalue weighted by Gasteiger charge is -2.31. The number of aromatic amines is 1. The number of nitrogens with one attached hydrogen (secondary N) is 2. The molecule has 2 rings (SSSR count). The summed E-state index contributed by atoms with van der Waals surface area (Å²) in [5, 5.41) is 3.39. The van der Waals surface area contributed by atoms with Crippen molar-refractivity contribution in [2.24, 2.45) is 0 Å². The molecule has 0 unspecified atom stereocenters. The molecule has 1 heterocycles. The molecule has 0 atom stereocenters. The lowest BCUT2D eigenvalue weighted by molar-refractivity contribution is 0.600. The third-order valence-electron chi connectivity index (χ3n) is 4.31. The number of unbranched alkanes of at least 4 members (excludes halogenated alkanes) is 1. The predicted octanol–water partition coefficient (Wildman–Crippen LogP) is 1.17. The van der Waals surface area contributed by atoms with E-state index in [1.165, 1.54) is 4.57 Å². The van der Waals surface area contributed by atoms with Crippen molar-refractivity contribution in [2.75, 3.05) is 17.7 Å². The Morgan fingerprint density at radius 2 is 2.09 bits per heavy atom. The largest absolute Gasteiger partial charge is 0.383 e. The molecule has 0 aliphatic heterocycles. The second-order valence-corrected chi connectivity index (χ2v) is 6.25. The van der Waals surface area contributed by atoms with Gasteiger partial charge in [0.15, 0.2) is 10.8 Å². The van der Waals surface area contributed by atoms with Crippen LogP contribution in [0.1, 0.15) is 45.4 Å². The summed E-state index contributed by atoms with van der Waals surface area (Å²) >= 11 is 5.40. The third-order valence-corrected chi connectivity index (χ3v) is 4.71. The number of H-pyrrole nitrogens is 1. The van der Waals surface area contributed by atoms with Crippen molar-refractivity contribution in [1.82, 2.24) is 14.9 Å². The number of nitrogens with zero attached hydrogens (tertiary/aromatic N) is 2. The quantitative estimate of drug-likeness (QED) is 0.697. The maximum absolute atomic E-state index is 12.4. The Morgan fingerprint density at radius 3 is 2.65 bits per heavy atom. The molecule has 23 heavy (non-hydrogen) atoms. The highest BCUT2D eigenvalue weighted by Crippen LogP contribution is 2.29. The Kier molecular flexibility index (Phi) is 5.81. The molecule has 0 saturated heterocycles. The molecule has 1 aliphatic carbocycles. The molecule has 1 fully saturated rings. The van der Waals surface area contributed by atoms with Crippen LogP contribution in [0.2, 0.25) is 0 Å². The van der Waals surface area contributed by atoms with Gasteiger partial charge in [-0.15, -0.1) is 0 Å². The van der Waals surface area contributed by atoms with Gasteiger partial charge in [-0.3, -0.25) is 14.3 Å². The number of aromatic nitrogens is 2. The molecule has 1 aromatic rings. The zero-order valence-corrected chi connectivity index (χ0v) is 14.5. The molecular formula is C15H25N5O2S. The van der Waals surface area contributed by atoms with E-state index in [2.05, 4.69) is 10.3 Å². The van der Waals surface area contributed by atoms with E-state index in [0.29, 0.717) is 11.7 Å². The van der Waals surface area contributed by atoms with Crippen LogP contribution in [0.25, 0.3) is 0 Å². The lowest BCUT2D eigenvalue weighted by Crippen LogP contribution is -2.48. The average molecular weight is 339 g/mol. The number of rotatable bonds is 5. The summed E-state index contributed by atoms with van der Waals surface area (Å²) in [6.45, 7) is 2.52. The average Bonchev–Trinajstić information content (AvgIpc) is 3.04. The molecule has 1 aromatic heterocycles. The summed E-state index contributed by atoms with van der Waals surface area (Å²) in [5.74, 6) is 0.191. The molecule has 0 radical (unpaired) electrons. The van der Waals surface area contributed by atoms with Gasteiger partial charge in [0, 0.05) is 19.6 Å². The van der Waals surface area contributed by atoms with Gasteiger partial charge >= 0.3 is 5.69 Å². The Bertz CT molecular complexity index is 675. The number of nitrogens with two attached hydrogens (primary N) is 1. The summed E-state index contributed by atoms with van der Waals surface area (Å²) in [4.78, 5) is 28.7. The fourth-order valence-corrected chi connectivity index (χ4v) is 3.32. The SMILES string of the molecule is CCCCn1c(N)c(N(C(=S)NC)C2CCCC2)c(=O)[nH]c1=O. The van der Waals surface area contributed by atoms with Gasteiger partial charge < -0.3 is 16.0 Å². The minimum atomic E-state index is -0.482. The topological polar surface area (TPSA) is 96.2 Å². The summed E-state index contributed by atoms with van der Waals surface area (Å²) in [6, 6.07) is 0.135. The van der Waals surface area contributed by atoms with Crippen molar-refractivity contribution in [1.29, 1.82) is 0 Å². The molecule has 8 heteroatoms. The van der Waals surface area contributed by atoms with E-state index in [-0.39, 0.29) is 17.5 Å². The van der Waals surface area contributed by atoms with Crippen LogP contribution < -0.4 is 27.2 Å². The van der Waals surface area contributed by atoms with Gasteiger partial charge in [-0.1, -0.05) is 26.2 Å². The number of nitrogen functional groups attached to an aromatic ring is 1. The maximum Gasteiger partial charge on any atom is 0.330 e. The van der Waals surface area contributed by atoms with Crippen molar-refractivity contribution in [3.63, 3.8) is 0 Å². The first-order chi connectivity index (χ1) is 11.0. The second-order valence-electron chi connectivity index (χ2n) is 5.86. The molecule has 1 aliphatic rings. The van der Waals surface area contributed by atoms with Crippen molar-refractivity contribution < 1.29 is 0 Å². The molecule has 0 spiro atoms. The van der Waals surface area contributed by atoms with Crippen LogP contribution in [-0.2, 0) is 6.54 Å². The van der Waals surface area contributed by atoms with Crippen LogP contribution >= 0.6 is 12.2 Å². The van der Waals surface area contributed by atoms with Gasteiger partial charge in [0.1, 0.15) is 5.82 Å². The van der Waals surface area contributed by atoms with Crippen molar-refractivity contribution in [2.45, 2.75) is 58.0 Å². The summed E-state index contributed by atoms with van der Waals surface area (Å²) in [6.07, 6.45) is 5.85. The molecular weight excluding hydrogens is 314 g/mol. The normalized spacial score (nSPS) is 14.9. The van der Waals surface area contributed by atoms with Gasteiger partial charge in [0.05, 0.1) is 0 Å². The van der Waals surface area contributed by atoms with Crippen LogP contribution in [0.3, 0.4) is 0 Å². The van der Waals surface area contributed by atoms with E-state index in [1.807, 2.05) is 6.92 Å². The smallest absolute Gasteiger partial charge is 0.330 e. The summed E-state index contributed by atoms with van der Waals surface area (Å²) < 4.78 is 1.43. The van der Waals surface area contributed by atoms with Crippen LogP contribution in [0.15, 0.2) is 9.59 Å². The Morgan fingerprint density at radius 1 is 1.43 bits per heavy atom. The number of hydrogen-bond donors (Lipinski definition) is 3. The molecule has 4 N–H and O–H groups in total. The van der Waals surface area contributed by atoms with E-state index < -0.39 is 11.2 Å². The Hall–Kier alpha value is -1.83. The minimum absolute atomic E-state index is 0.135. The summed E-state index contributed by atoms with van der Waals surface area (Å²) in [5.41, 5.74) is 5.54. The predicted molar refractivity (Wildman–Crippen MR) is 97.0 cm³/mol. The van der Waals surface area contributed by atoms with Gasteiger partial charge in [-0.2, -0.15) is 0 Å². The first kappa shape index (κ1) is 17.5. The van der Waals surface area contributed by atoms with Crippen LogP contribution in [0.5, 0.6) is 0 Å². The second kappa shape index (κ2) is 7.63. The highest BCUT2D eigenvalue weighted by atomic mass is 32.1. The van der Waals surface area contributed by atoms with Gasteiger partial charge in [-0.25, -0.2) is 4.79 Å². The zero-order chi connectivity index (χ0) is 17.0. The van der Waals surface area contributed by atoms with E-state index in [4.69, 9.17) is 18.0 Å². The van der Waals surface area contributed by atoms with Crippen molar-refractivity contribution in [3.05, 3.63) is 20.8 Å². The van der Waals surface area contributed by atoms with Crippen LogP contribution in [0.4, 0.5) is 11.5 Å². The van der Waals surface area contributed by atoms with Crippen LogP contribution in [0, 0.1) is 0 Å². The Balaban J connectivity index is 2.55. The molecule has 0 amide bonds. The molecule has 0 bridgehead atoms. The van der Waals surface area contributed by atoms with Gasteiger partial charge in [-0.05, 0) is 31.5 Å². The monoisotopic (exact) mass is 339 g/mol. The zero-order valence-electron chi connectivity index (χ0n) is 13.7. The van der Waals surface area contributed by atoms with E-state index in [9.17, 15) is 9.59 Å². The number of hydrogen-bond acceptors (Lipinski definition) is 4. The van der Waals surface area contributed by atoms with E-state index in [0.717, 1.165) is 38.5 Å². The number of thiocarbonyl (C=S) groups is 1. The van der Waals surface area contributed by atoms with Crippen molar-refractivity contribution >= 4 is 28.8 Å². The highest BCUT2D eigenvalue weighted by Gasteiger charge is 2.30. The number of anilines is 2. The lowest BCUT2D eigenvalue weighted by atomic mass is 10.2. The van der Waals surface area contributed by atoms with E-state index >= 15 is 0 Å². The molecule has 7 nitrogen and oxygen atoms in total. The fourth-order valence-electron chi connectivity index (χ4n) is 3.08. The molecule has 128 valence electrons. The fraction of sp³-hybridized carbons (Fsp3) is 0.667. The maximum atomic E-state index is 12.4. The first-order valence-electron chi connectivity index (χ1n) is 8.14. The molecule has 1 saturated carbocycles. The highest BCUT2D eigenvalue weighted by molar-refractivity contribution is 7.80. The molecule has 0 aromatic carbocycles. The van der Waals surface area contributed by atoms with Gasteiger partial charge in [0.25, 0.3) is 5.56 Å². The summed E-state index contributed by atoms with van der Waals surface area (Å²) in [7, 11) is 1.72. The van der Waals surface area contributed by atoms with Gasteiger partial charge in [0.2, 0.25) is 0 Å².